The van der Waals surface area contributed by atoms with Gasteiger partial charge in [-0.05, 0) is 48.7 Å². The van der Waals surface area contributed by atoms with Crippen molar-refractivity contribution in [3.05, 3.63) is 41.0 Å². The Morgan fingerprint density at radius 3 is 2.78 bits per heavy atom. The number of amides is 1. The number of rotatable bonds is 7. The molecule has 1 aliphatic heterocycles. The van der Waals surface area contributed by atoms with Crippen molar-refractivity contribution in [1.82, 2.24) is 15.1 Å². The summed E-state index contributed by atoms with van der Waals surface area (Å²) in [6.45, 7) is 1.61. The van der Waals surface area contributed by atoms with Crippen LogP contribution in [-0.4, -0.2) is 54.0 Å². The lowest BCUT2D eigenvalue weighted by Crippen LogP contribution is -2.32. The van der Waals surface area contributed by atoms with Crippen molar-refractivity contribution in [2.75, 3.05) is 32.2 Å². The van der Waals surface area contributed by atoms with Gasteiger partial charge in [0, 0.05) is 13.1 Å². The Kier molecular flexibility index (Phi) is 6.43. The Morgan fingerprint density at radius 2 is 2.07 bits per heavy atom. The number of benzene rings is 1. The smallest absolute Gasteiger partial charge is 0.260 e. The molecule has 3 rings (SSSR count). The molecule has 0 atom stereocenters. The van der Waals surface area contributed by atoms with Crippen LogP contribution < -0.4 is 14.9 Å². The maximum Gasteiger partial charge on any atom is 0.260 e. The molecule has 2 heterocycles. The normalized spacial score (nSPS) is 13.8. The van der Waals surface area contributed by atoms with Gasteiger partial charge in [0.15, 0.2) is 29.1 Å². The zero-order chi connectivity index (χ0) is 19.1. The van der Waals surface area contributed by atoms with E-state index in [0.717, 1.165) is 31.5 Å². The van der Waals surface area contributed by atoms with Crippen LogP contribution in [0.1, 0.15) is 18.4 Å². The molecule has 1 saturated heterocycles. The molecule has 0 radical (unpaired) electrons. The van der Waals surface area contributed by atoms with Gasteiger partial charge in [0.05, 0.1) is 13.3 Å². The molecule has 0 aliphatic carbocycles. The van der Waals surface area contributed by atoms with Gasteiger partial charge in [-0.2, -0.15) is 5.10 Å². The van der Waals surface area contributed by atoms with Crippen LogP contribution in [0, 0.1) is 0 Å². The second kappa shape index (κ2) is 9.18. The second-order valence-electron chi connectivity index (χ2n) is 5.90. The number of aromatic nitrogens is 2. The summed E-state index contributed by atoms with van der Waals surface area (Å²) in [6, 6.07) is 8.62. The summed E-state index contributed by atoms with van der Waals surface area (Å²) in [5, 5.41) is 12.0. The van der Waals surface area contributed by atoms with Gasteiger partial charge in [-0.25, -0.2) is 0 Å². The molecule has 1 aromatic carbocycles. The largest absolute Gasteiger partial charge is 0.493 e. The average Bonchev–Trinajstić information content (AvgIpc) is 3.23. The minimum absolute atomic E-state index is 0.000583. The van der Waals surface area contributed by atoms with E-state index in [1.165, 1.54) is 0 Å². The van der Waals surface area contributed by atoms with E-state index in [1.54, 1.807) is 37.6 Å². The summed E-state index contributed by atoms with van der Waals surface area (Å²) >= 11 is 5.68. The standard InChI is InChI=1S/C18H20ClN5O3/c1-26-15-10-13(11-20-22-17-7-6-16(19)21-23-17)4-5-14(15)27-12-18(25)24-8-2-3-9-24/h4-7,10-11H,2-3,8-9,12H2,1H3,(H,22,23). The highest BCUT2D eigenvalue weighted by Gasteiger charge is 2.18. The molecule has 0 saturated carbocycles. The van der Waals surface area contributed by atoms with Crippen LogP contribution in [-0.2, 0) is 4.79 Å². The number of nitrogens with one attached hydrogen (secondary N) is 1. The molecule has 0 unspecified atom stereocenters. The average molecular weight is 390 g/mol. The third-order valence-electron chi connectivity index (χ3n) is 4.02. The Labute approximate surface area is 162 Å². The fourth-order valence-corrected chi connectivity index (χ4v) is 2.73. The predicted octanol–water partition coefficient (Wildman–Crippen LogP) is 2.59. The van der Waals surface area contributed by atoms with Crippen LogP contribution >= 0.6 is 11.6 Å². The molecule has 27 heavy (non-hydrogen) atoms. The van der Waals surface area contributed by atoms with Crippen molar-refractivity contribution in [3.63, 3.8) is 0 Å². The fourth-order valence-electron chi connectivity index (χ4n) is 2.63. The van der Waals surface area contributed by atoms with E-state index in [9.17, 15) is 4.79 Å². The van der Waals surface area contributed by atoms with Crippen LogP contribution in [0.2, 0.25) is 5.15 Å². The predicted molar refractivity (Wildman–Crippen MR) is 103 cm³/mol. The van der Waals surface area contributed by atoms with Gasteiger partial charge in [0.2, 0.25) is 0 Å². The van der Waals surface area contributed by atoms with Gasteiger partial charge in [-0.3, -0.25) is 10.2 Å². The lowest BCUT2D eigenvalue weighted by Gasteiger charge is -2.16. The minimum Gasteiger partial charge on any atom is -0.493 e. The van der Waals surface area contributed by atoms with Gasteiger partial charge in [0.25, 0.3) is 5.91 Å². The number of methoxy groups -OCH3 is 1. The molecule has 2 aromatic rings. The zero-order valence-electron chi connectivity index (χ0n) is 14.9. The van der Waals surface area contributed by atoms with Crippen LogP contribution in [0.3, 0.4) is 0 Å². The first-order chi connectivity index (χ1) is 13.2. The highest BCUT2D eigenvalue weighted by Crippen LogP contribution is 2.27. The first kappa shape index (κ1) is 18.9. The van der Waals surface area contributed by atoms with E-state index in [-0.39, 0.29) is 12.5 Å². The van der Waals surface area contributed by atoms with Gasteiger partial charge in [-0.15, -0.1) is 10.2 Å². The van der Waals surface area contributed by atoms with Crippen LogP contribution in [0.15, 0.2) is 35.4 Å². The summed E-state index contributed by atoms with van der Waals surface area (Å²) in [4.78, 5) is 13.9. The Balaban J connectivity index is 1.58. The quantitative estimate of drug-likeness (QED) is 0.578. The summed E-state index contributed by atoms with van der Waals surface area (Å²) in [5.74, 6) is 1.51. The molecule has 8 nitrogen and oxygen atoms in total. The highest BCUT2D eigenvalue weighted by atomic mass is 35.5. The number of likely N-dealkylation sites (tertiary alicyclic amines) is 1. The molecular weight excluding hydrogens is 370 g/mol. The molecular formula is C18H20ClN5O3. The van der Waals surface area contributed by atoms with Crippen molar-refractivity contribution in [2.45, 2.75) is 12.8 Å². The lowest BCUT2D eigenvalue weighted by molar-refractivity contribution is -0.132. The highest BCUT2D eigenvalue weighted by molar-refractivity contribution is 6.29. The van der Waals surface area contributed by atoms with E-state index in [0.29, 0.717) is 22.5 Å². The molecule has 1 amide bonds. The first-order valence-corrected chi connectivity index (χ1v) is 8.90. The third-order valence-corrected chi connectivity index (χ3v) is 4.22. The number of nitrogens with zero attached hydrogens (tertiary/aromatic N) is 4. The number of hydrogen-bond acceptors (Lipinski definition) is 7. The number of hydrazone groups is 1. The molecule has 1 N–H and O–H groups in total. The van der Waals surface area contributed by atoms with Gasteiger partial charge < -0.3 is 14.4 Å². The maximum absolute atomic E-state index is 12.1. The topological polar surface area (TPSA) is 88.9 Å². The van der Waals surface area contributed by atoms with Crippen molar-refractivity contribution < 1.29 is 14.3 Å². The summed E-state index contributed by atoms with van der Waals surface area (Å²) in [6.07, 6.45) is 3.72. The van der Waals surface area contributed by atoms with Crippen LogP contribution in [0.4, 0.5) is 5.82 Å². The van der Waals surface area contributed by atoms with Crippen molar-refractivity contribution in [3.8, 4) is 11.5 Å². The minimum atomic E-state index is -0.00605. The second-order valence-corrected chi connectivity index (χ2v) is 6.29. The van der Waals surface area contributed by atoms with Gasteiger partial charge >= 0.3 is 0 Å². The molecule has 0 spiro atoms. The molecule has 1 aromatic heterocycles. The summed E-state index contributed by atoms with van der Waals surface area (Å²) in [7, 11) is 1.55. The number of anilines is 1. The maximum atomic E-state index is 12.1. The Hall–Kier alpha value is -2.87. The molecule has 9 heteroatoms. The third kappa shape index (κ3) is 5.30. The number of halogens is 1. The SMILES string of the molecule is COc1cc(C=NNc2ccc(Cl)nn2)ccc1OCC(=O)N1CCCC1. The Morgan fingerprint density at radius 1 is 1.26 bits per heavy atom. The number of carbonyl (C=O) groups is 1. The zero-order valence-corrected chi connectivity index (χ0v) is 15.6. The monoisotopic (exact) mass is 389 g/mol. The molecule has 1 fully saturated rings. The summed E-state index contributed by atoms with van der Waals surface area (Å²) in [5.41, 5.74) is 3.55. The van der Waals surface area contributed by atoms with E-state index in [1.807, 2.05) is 11.0 Å². The van der Waals surface area contributed by atoms with Crippen molar-refractivity contribution in [1.29, 1.82) is 0 Å². The molecule has 142 valence electrons. The molecule has 0 bridgehead atoms. The van der Waals surface area contributed by atoms with E-state index in [2.05, 4.69) is 20.7 Å². The van der Waals surface area contributed by atoms with Crippen LogP contribution in [0.5, 0.6) is 11.5 Å². The van der Waals surface area contributed by atoms with E-state index >= 15 is 0 Å². The van der Waals surface area contributed by atoms with E-state index < -0.39 is 0 Å². The number of ether oxygens (including phenoxy) is 2. The lowest BCUT2D eigenvalue weighted by atomic mass is 10.2. The Bertz CT molecular complexity index is 807. The van der Waals surface area contributed by atoms with Gasteiger partial charge in [-0.1, -0.05) is 11.6 Å². The van der Waals surface area contributed by atoms with Crippen molar-refractivity contribution >= 4 is 29.5 Å². The molecule has 1 aliphatic rings. The first-order valence-electron chi connectivity index (χ1n) is 8.52. The van der Waals surface area contributed by atoms with E-state index in [4.69, 9.17) is 21.1 Å². The van der Waals surface area contributed by atoms with Crippen molar-refractivity contribution in [2.24, 2.45) is 5.10 Å². The number of hydrogen-bond donors (Lipinski definition) is 1. The fraction of sp³-hybridized carbons (Fsp3) is 0.333. The van der Waals surface area contributed by atoms with Crippen LogP contribution in [0.25, 0.3) is 0 Å². The van der Waals surface area contributed by atoms with Gasteiger partial charge in [0.1, 0.15) is 0 Å². The summed E-state index contributed by atoms with van der Waals surface area (Å²) < 4.78 is 11.0. The number of carbonyl (C=O) groups excluding carboxylic acids is 1.